The Morgan fingerprint density at radius 3 is 2.30 bits per heavy atom. The average Bonchev–Trinajstić information content (AvgIpc) is 3.15. The molecular formula is C22H26FN5O2. The molecule has 0 radical (unpaired) electrons. The lowest BCUT2D eigenvalue weighted by Gasteiger charge is -2.37. The number of aromatic nitrogens is 3. The van der Waals surface area contributed by atoms with Gasteiger partial charge in [0.2, 0.25) is 0 Å². The first kappa shape index (κ1) is 20.0. The SMILES string of the molecule is CCC(C)n1ncn(-c2ccc(N3CCN(c4ccc(O)cc4)CC3)c(F)c2)c1=O. The molecule has 8 heteroatoms. The van der Waals surface area contributed by atoms with Crippen molar-refractivity contribution in [1.29, 1.82) is 0 Å². The van der Waals surface area contributed by atoms with Crippen LogP contribution in [0.15, 0.2) is 53.6 Å². The first-order valence-corrected chi connectivity index (χ1v) is 10.2. The maximum atomic E-state index is 14.9. The van der Waals surface area contributed by atoms with E-state index >= 15 is 0 Å². The molecule has 7 nitrogen and oxygen atoms in total. The summed E-state index contributed by atoms with van der Waals surface area (Å²) >= 11 is 0. The van der Waals surface area contributed by atoms with Gasteiger partial charge in [-0.1, -0.05) is 6.92 Å². The van der Waals surface area contributed by atoms with Gasteiger partial charge >= 0.3 is 5.69 Å². The predicted octanol–water partition coefficient (Wildman–Crippen LogP) is 3.18. The van der Waals surface area contributed by atoms with Crippen LogP contribution in [0.25, 0.3) is 5.69 Å². The number of benzene rings is 2. The lowest BCUT2D eigenvalue weighted by atomic mass is 10.2. The van der Waals surface area contributed by atoms with E-state index in [0.29, 0.717) is 24.5 Å². The molecule has 2 heterocycles. The van der Waals surface area contributed by atoms with Crippen LogP contribution in [-0.2, 0) is 0 Å². The summed E-state index contributed by atoms with van der Waals surface area (Å²) in [5.41, 5.74) is 1.78. The molecule has 0 aliphatic carbocycles. The first-order chi connectivity index (χ1) is 14.5. The summed E-state index contributed by atoms with van der Waals surface area (Å²) in [6, 6.07) is 12.0. The van der Waals surface area contributed by atoms with Crippen molar-refractivity contribution >= 4 is 11.4 Å². The second kappa shape index (κ2) is 8.22. The number of nitrogens with zero attached hydrogens (tertiary/aromatic N) is 5. The Hall–Kier alpha value is -3.29. The van der Waals surface area contributed by atoms with Crippen molar-refractivity contribution in [2.45, 2.75) is 26.3 Å². The number of piperazine rings is 1. The van der Waals surface area contributed by atoms with Gasteiger partial charge in [-0.15, -0.1) is 0 Å². The van der Waals surface area contributed by atoms with Crippen LogP contribution in [0.4, 0.5) is 15.8 Å². The summed E-state index contributed by atoms with van der Waals surface area (Å²) in [6.45, 7) is 6.80. The van der Waals surface area contributed by atoms with Gasteiger partial charge in [-0.3, -0.25) is 0 Å². The van der Waals surface area contributed by atoms with Crippen molar-refractivity contribution in [3.8, 4) is 11.4 Å². The standard InChI is InChI=1S/C22H26FN5O2/c1-3-16(2)28-22(30)27(15-24-28)18-6-9-21(20(23)14-18)26-12-10-25(11-13-26)17-4-7-19(29)8-5-17/h4-9,14-16,29H,3,10-13H2,1-2H3. The molecular weight excluding hydrogens is 385 g/mol. The summed E-state index contributed by atoms with van der Waals surface area (Å²) in [4.78, 5) is 16.8. The molecule has 1 aliphatic heterocycles. The minimum absolute atomic E-state index is 0.00672. The Kier molecular flexibility index (Phi) is 5.48. The van der Waals surface area contributed by atoms with Crippen LogP contribution in [0.5, 0.6) is 5.75 Å². The van der Waals surface area contributed by atoms with Crippen molar-refractivity contribution in [1.82, 2.24) is 14.3 Å². The van der Waals surface area contributed by atoms with Crippen LogP contribution in [0.3, 0.4) is 0 Å². The van der Waals surface area contributed by atoms with E-state index in [1.165, 1.54) is 21.6 Å². The number of halogens is 1. The normalized spacial score (nSPS) is 15.4. The van der Waals surface area contributed by atoms with Crippen molar-refractivity contribution in [3.05, 3.63) is 65.1 Å². The fraction of sp³-hybridized carbons (Fsp3) is 0.364. The van der Waals surface area contributed by atoms with Crippen LogP contribution in [0, 0.1) is 5.82 Å². The average molecular weight is 411 g/mol. The van der Waals surface area contributed by atoms with E-state index in [9.17, 15) is 14.3 Å². The van der Waals surface area contributed by atoms with Gasteiger partial charge in [-0.05, 0) is 49.7 Å². The van der Waals surface area contributed by atoms with E-state index in [1.54, 1.807) is 24.3 Å². The Morgan fingerprint density at radius 1 is 1.03 bits per heavy atom. The predicted molar refractivity (Wildman–Crippen MR) is 115 cm³/mol. The lowest BCUT2D eigenvalue weighted by Crippen LogP contribution is -2.46. The molecule has 3 aromatic rings. The maximum absolute atomic E-state index is 14.9. The van der Waals surface area contributed by atoms with E-state index in [1.807, 2.05) is 30.9 Å². The number of hydrogen-bond donors (Lipinski definition) is 1. The van der Waals surface area contributed by atoms with E-state index in [4.69, 9.17) is 0 Å². The summed E-state index contributed by atoms with van der Waals surface area (Å²) in [7, 11) is 0. The molecule has 30 heavy (non-hydrogen) atoms. The summed E-state index contributed by atoms with van der Waals surface area (Å²) in [6.07, 6.45) is 2.24. The highest BCUT2D eigenvalue weighted by molar-refractivity contribution is 5.55. The highest BCUT2D eigenvalue weighted by Crippen LogP contribution is 2.25. The van der Waals surface area contributed by atoms with Gasteiger partial charge in [-0.25, -0.2) is 18.4 Å². The minimum atomic E-state index is -0.353. The molecule has 158 valence electrons. The molecule has 1 saturated heterocycles. The van der Waals surface area contributed by atoms with Gasteiger partial charge in [0.15, 0.2) is 0 Å². The number of anilines is 2. The monoisotopic (exact) mass is 411 g/mol. The van der Waals surface area contributed by atoms with E-state index < -0.39 is 0 Å². The highest BCUT2D eigenvalue weighted by Gasteiger charge is 2.21. The Labute approximate surface area is 174 Å². The zero-order chi connectivity index (χ0) is 21.3. The number of phenols is 1. The molecule has 1 unspecified atom stereocenters. The summed E-state index contributed by atoms with van der Waals surface area (Å²) in [5.74, 6) is -0.109. The third-order valence-electron chi connectivity index (χ3n) is 5.75. The molecule has 1 atom stereocenters. The molecule has 4 rings (SSSR count). The van der Waals surface area contributed by atoms with Gasteiger partial charge in [0.1, 0.15) is 17.9 Å². The largest absolute Gasteiger partial charge is 0.508 e. The Bertz CT molecular complexity index is 1070. The third kappa shape index (κ3) is 3.77. The first-order valence-electron chi connectivity index (χ1n) is 10.2. The van der Waals surface area contributed by atoms with Gasteiger partial charge in [-0.2, -0.15) is 5.10 Å². The molecule has 0 bridgehead atoms. The topological polar surface area (TPSA) is 66.5 Å². The maximum Gasteiger partial charge on any atom is 0.350 e. The number of aromatic hydroxyl groups is 1. The van der Waals surface area contributed by atoms with Crippen molar-refractivity contribution in [2.75, 3.05) is 36.0 Å². The number of rotatable bonds is 5. The van der Waals surface area contributed by atoms with E-state index in [2.05, 4.69) is 10.00 Å². The van der Waals surface area contributed by atoms with Crippen LogP contribution in [0.2, 0.25) is 0 Å². The fourth-order valence-electron chi connectivity index (χ4n) is 3.74. The third-order valence-corrected chi connectivity index (χ3v) is 5.75. The van der Waals surface area contributed by atoms with Gasteiger partial charge in [0.05, 0.1) is 17.4 Å². The second-order valence-corrected chi connectivity index (χ2v) is 7.61. The van der Waals surface area contributed by atoms with E-state index in [-0.39, 0.29) is 23.3 Å². The van der Waals surface area contributed by atoms with Gasteiger partial charge in [0, 0.05) is 37.9 Å². The zero-order valence-corrected chi connectivity index (χ0v) is 17.2. The smallest absolute Gasteiger partial charge is 0.350 e. The van der Waals surface area contributed by atoms with Crippen LogP contribution >= 0.6 is 0 Å². The molecule has 0 saturated carbocycles. The molecule has 1 N–H and O–H groups in total. The van der Waals surface area contributed by atoms with Crippen LogP contribution in [0.1, 0.15) is 26.3 Å². The van der Waals surface area contributed by atoms with Crippen molar-refractivity contribution in [2.24, 2.45) is 0 Å². The van der Waals surface area contributed by atoms with Crippen molar-refractivity contribution in [3.63, 3.8) is 0 Å². The second-order valence-electron chi connectivity index (χ2n) is 7.61. The van der Waals surface area contributed by atoms with Gasteiger partial charge < -0.3 is 14.9 Å². The number of hydrogen-bond acceptors (Lipinski definition) is 5. The van der Waals surface area contributed by atoms with Crippen LogP contribution < -0.4 is 15.5 Å². The van der Waals surface area contributed by atoms with Gasteiger partial charge in [0.25, 0.3) is 0 Å². The zero-order valence-electron chi connectivity index (χ0n) is 17.2. The summed E-state index contributed by atoms with van der Waals surface area (Å²) in [5, 5.41) is 13.6. The quantitative estimate of drug-likeness (QED) is 0.699. The van der Waals surface area contributed by atoms with E-state index in [0.717, 1.165) is 25.2 Å². The molecule has 1 aliphatic rings. The number of phenolic OH excluding ortho intramolecular Hbond substituents is 1. The summed E-state index contributed by atoms with van der Waals surface area (Å²) < 4.78 is 17.7. The Morgan fingerprint density at radius 2 is 1.67 bits per heavy atom. The van der Waals surface area contributed by atoms with Crippen LogP contribution in [-0.4, -0.2) is 45.6 Å². The molecule has 1 aromatic heterocycles. The molecule has 1 fully saturated rings. The molecule has 0 spiro atoms. The van der Waals surface area contributed by atoms with Crippen molar-refractivity contribution < 1.29 is 9.50 Å². The molecule has 0 amide bonds. The minimum Gasteiger partial charge on any atom is -0.508 e. The fourth-order valence-corrected chi connectivity index (χ4v) is 3.74. The molecule has 2 aromatic carbocycles. The highest BCUT2D eigenvalue weighted by atomic mass is 19.1. The Balaban J connectivity index is 1.49. The lowest BCUT2D eigenvalue weighted by molar-refractivity contribution is 0.460.